The molecular formula is C38H42Br2N2O4. The van der Waals surface area contributed by atoms with Crippen molar-refractivity contribution in [3.63, 3.8) is 0 Å². The molecule has 0 aliphatic rings. The fraction of sp³-hybridized carbons (Fsp3) is 0.316. The number of rotatable bonds is 13. The van der Waals surface area contributed by atoms with Crippen LogP contribution < -0.4 is 20.1 Å². The fourth-order valence-electron chi connectivity index (χ4n) is 4.98. The Morgan fingerprint density at radius 3 is 1.35 bits per heavy atom. The van der Waals surface area contributed by atoms with Crippen LogP contribution in [0.5, 0.6) is 11.5 Å². The third-order valence-corrected chi connectivity index (χ3v) is 9.57. The summed E-state index contributed by atoms with van der Waals surface area (Å²) in [5.41, 5.74) is 7.79. The van der Waals surface area contributed by atoms with Crippen LogP contribution in [0.25, 0.3) is 11.1 Å². The summed E-state index contributed by atoms with van der Waals surface area (Å²) in [6.07, 6.45) is 2.11. The largest absolute Gasteiger partial charge is 0.483 e. The van der Waals surface area contributed by atoms with Gasteiger partial charge < -0.3 is 20.1 Å². The molecule has 4 rings (SSSR count). The minimum Gasteiger partial charge on any atom is -0.483 e. The first-order valence-electron chi connectivity index (χ1n) is 15.6. The zero-order valence-corrected chi connectivity index (χ0v) is 30.5. The van der Waals surface area contributed by atoms with Gasteiger partial charge >= 0.3 is 0 Å². The number of anilines is 2. The van der Waals surface area contributed by atoms with E-state index < -0.39 is 0 Å². The van der Waals surface area contributed by atoms with E-state index in [-0.39, 0.29) is 25.0 Å². The first kappa shape index (κ1) is 35.2. The first-order chi connectivity index (χ1) is 22.0. The molecule has 242 valence electrons. The number of amides is 2. The molecule has 0 fully saturated rings. The Kier molecular flexibility index (Phi) is 12.5. The maximum absolute atomic E-state index is 12.7. The van der Waals surface area contributed by atoms with Crippen molar-refractivity contribution < 1.29 is 19.1 Å². The highest BCUT2D eigenvalue weighted by Crippen LogP contribution is 2.32. The van der Waals surface area contributed by atoms with E-state index in [0.717, 1.165) is 55.4 Å². The predicted molar refractivity (Wildman–Crippen MR) is 195 cm³/mol. The first-order valence-corrected chi connectivity index (χ1v) is 17.2. The van der Waals surface area contributed by atoms with Gasteiger partial charge in [0.15, 0.2) is 13.2 Å². The molecule has 4 aromatic carbocycles. The van der Waals surface area contributed by atoms with Crippen molar-refractivity contribution in [3.05, 3.63) is 104 Å². The standard InChI is InChI=1S/C38H42Br2N2O4/c1-7-23(3)27-11-15-35(31(39)19-27)45-21-37(43)41-33-13-9-29(17-25(33)5)30-10-14-34(26(6)18-30)42-38(44)22-46-36-16-12-28(20-32(36)40)24(4)8-2/h9-20,23-24H,7-8,21-22H2,1-6H3,(H,41,43)(H,42,44). The van der Waals surface area contributed by atoms with Gasteiger partial charge in [-0.2, -0.15) is 0 Å². The Morgan fingerprint density at radius 1 is 0.630 bits per heavy atom. The number of nitrogens with one attached hydrogen (secondary N) is 2. The van der Waals surface area contributed by atoms with Crippen molar-refractivity contribution in [2.75, 3.05) is 23.8 Å². The van der Waals surface area contributed by atoms with Gasteiger partial charge in [0.05, 0.1) is 8.95 Å². The average molecular weight is 751 g/mol. The molecule has 2 N–H and O–H groups in total. The van der Waals surface area contributed by atoms with Crippen LogP contribution in [0.2, 0.25) is 0 Å². The lowest BCUT2D eigenvalue weighted by Gasteiger charge is -2.15. The van der Waals surface area contributed by atoms with Crippen molar-refractivity contribution in [1.82, 2.24) is 0 Å². The lowest BCUT2D eigenvalue weighted by atomic mass is 9.99. The van der Waals surface area contributed by atoms with Gasteiger partial charge in [0.25, 0.3) is 11.8 Å². The Morgan fingerprint density at radius 2 is 1.02 bits per heavy atom. The van der Waals surface area contributed by atoms with Gasteiger partial charge in [0.1, 0.15) is 11.5 Å². The quantitative estimate of drug-likeness (QED) is 0.143. The second kappa shape index (κ2) is 16.3. The molecule has 0 saturated heterocycles. The van der Waals surface area contributed by atoms with Crippen LogP contribution in [0.1, 0.15) is 74.6 Å². The summed E-state index contributed by atoms with van der Waals surface area (Å²) >= 11 is 7.13. The molecule has 2 amide bonds. The molecule has 0 aromatic heterocycles. The lowest BCUT2D eigenvalue weighted by molar-refractivity contribution is -0.118. The molecule has 46 heavy (non-hydrogen) atoms. The maximum atomic E-state index is 12.7. The Hall–Kier alpha value is -3.62. The zero-order valence-electron chi connectivity index (χ0n) is 27.3. The van der Waals surface area contributed by atoms with Crippen LogP contribution in [0.15, 0.2) is 81.7 Å². The molecule has 0 bridgehead atoms. The third kappa shape index (κ3) is 9.23. The molecule has 0 aliphatic carbocycles. The summed E-state index contributed by atoms with van der Waals surface area (Å²) < 4.78 is 13.2. The number of carbonyl (C=O) groups is 2. The van der Waals surface area contributed by atoms with Crippen LogP contribution >= 0.6 is 31.9 Å². The minimum absolute atomic E-state index is 0.0956. The molecule has 0 heterocycles. The highest BCUT2D eigenvalue weighted by molar-refractivity contribution is 9.10. The normalized spacial score (nSPS) is 12.3. The summed E-state index contributed by atoms with van der Waals surface area (Å²) in [6.45, 7) is 12.4. The van der Waals surface area contributed by atoms with E-state index in [0.29, 0.717) is 23.3 Å². The number of carbonyl (C=O) groups excluding carboxylic acids is 2. The van der Waals surface area contributed by atoms with Crippen molar-refractivity contribution >= 4 is 55.0 Å². The smallest absolute Gasteiger partial charge is 0.262 e. The van der Waals surface area contributed by atoms with E-state index in [9.17, 15) is 9.59 Å². The summed E-state index contributed by atoms with van der Waals surface area (Å²) in [5.74, 6) is 1.72. The third-order valence-electron chi connectivity index (χ3n) is 8.33. The summed E-state index contributed by atoms with van der Waals surface area (Å²) in [6, 6.07) is 23.8. The van der Waals surface area contributed by atoms with Gasteiger partial charge in [-0.25, -0.2) is 0 Å². The minimum atomic E-state index is -0.232. The van der Waals surface area contributed by atoms with Gasteiger partial charge in [-0.1, -0.05) is 52.0 Å². The van der Waals surface area contributed by atoms with Crippen LogP contribution in [0, 0.1) is 13.8 Å². The van der Waals surface area contributed by atoms with E-state index in [1.165, 1.54) is 11.1 Å². The number of halogens is 2. The highest BCUT2D eigenvalue weighted by Gasteiger charge is 2.13. The van der Waals surface area contributed by atoms with Crippen LogP contribution in [0.4, 0.5) is 11.4 Å². The van der Waals surface area contributed by atoms with Crippen LogP contribution in [0.3, 0.4) is 0 Å². The molecule has 0 aliphatic heterocycles. The van der Waals surface area contributed by atoms with Gasteiger partial charge in [-0.15, -0.1) is 0 Å². The van der Waals surface area contributed by atoms with E-state index in [4.69, 9.17) is 9.47 Å². The van der Waals surface area contributed by atoms with Crippen LogP contribution in [-0.2, 0) is 9.59 Å². The molecule has 0 radical (unpaired) electrons. The second-order valence-corrected chi connectivity index (χ2v) is 13.4. The molecule has 8 heteroatoms. The summed E-state index contributed by atoms with van der Waals surface area (Å²) in [5, 5.41) is 5.91. The number of hydrogen-bond donors (Lipinski definition) is 2. The summed E-state index contributed by atoms with van der Waals surface area (Å²) in [7, 11) is 0. The highest BCUT2D eigenvalue weighted by atomic mass is 79.9. The Balaban J connectivity index is 1.32. The van der Waals surface area contributed by atoms with Crippen molar-refractivity contribution in [3.8, 4) is 22.6 Å². The van der Waals surface area contributed by atoms with E-state index >= 15 is 0 Å². The molecule has 6 nitrogen and oxygen atoms in total. The number of aryl methyl sites for hydroxylation is 2. The topological polar surface area (TPSA) is 76.7 Å². The van der Waals surface area contributed by atoms with Crippen molar-refractivity contribution in [1.29, 1.82) is 0 Å². The van der Waals surface area contributed by atoms with Gasteiger partial charge in [-0.05, 0) is 152 Å². The summed E-state index contributed by atoms with van der Waals surface area (Å²) in [4.78, 5) is 25.4. The Labute approximate surface area is 289 Å². The number of hydrogen-bond acceptors (Lipinski definition) is 4. The van der Waals surface area contributed by atoms with E-state index in [2.05, 4.69) is 82.3 Å². The molecule has 4 aromatic rings. The maximum Gasteiger partial charge on any atom is 0.262 e. The van der Waals surface area contributed by atoms with Gasteiger partial charge in [0, 0.05) is 11.4 Å². The Bertz CT molecular complexity index is 1580. The molecule has 0 spiro atoms. The SMILES string of the molecule is CCC(C)c1ccc(OCC(=O)Nc2ccc(-c3ccc(NC(=O)COc4ccc(C(C)CC)cc4Br)c(C)c3)cc2C)c(Br)c1. The van der Waals surface area contributed by atoms with Crippen molar-refractivity contribution in [2.24, 2.45) is 0 Å². The van der Waals surface area contributed by atoms with Gasteiger partial charge in [0.2, 0.25) is 0 Å². The van der Waals surface area contributed by atoms with E-state index in [1.54, 1.807) is 0 Å². The monoisotopic (exact) mass is 748 g/mol. The second-order valence-electron chi connectivity index (χ2n) is 11.7. The number of ether oxygens (including phenoxy) is 2. The zero-order chi connectivity index (χ0) is 33.4. The lowest BCUT2D eigenvalue weighted by Crippen LogP contribution is -2.21. The molecule has 2 atom stereocenters. The fourth-order valence-corrected chi connectivity index (χ4v) is 6.00. The molecule has 0 saturated carbocycles. The molecular weight excluding hydrogens is 708 g/mol. The average Bonchev–Trinajstić information content (AvgIpc) is 3.04. The van der Waals surface area contributed by atoms with Crippen molar-refractivity contribution in [2.45, 2.75) is 66.2 Å². The number of benzene rings is 4. The van der Waals surface area contributed by atoms with Crippen LogP contribution in [-0.4, -0.2) is 25.0 Å². The van der Waals surface area contributed by atoms with Gasteiger partial charge in [-0.3, -0.25) is 9.59 Å². The van der Waals surface area contributed by atoms with E-state index in [1.807, 2.05) is 74.5 Å². The molecule has 2 unspecified atom stereocenters. The predicted octanol–water partition coefficient (Wildman–Crippen LogP) is 10.6.